The number of hydrogen-bond acceptors (Lipinski definition) is 6. The highest BCUT2D eigenvalue weighted by Gasteiger charge is 2.55. The van der Waals surface area contributed by atoms with Gasteiger partial charge in [0.05, 0.1) is 5.69 Å². The molecule has 2 aliphatic rings. The summed E-state index contributed by atoms with van der Waals surface area (Å²) in [6, 6.07) is 14.0. The molecule has 2 aliphatic heterocycles. The molecule has 27 heavy (non-hydrogen) atoms. The van der Waals surface area contributed by atoms with Crippen LogP contribution in [0.4, 0.5) is 11.4 Å². The highest BCUT2D eigenvalue weighted by atomic mass is 79.9. The normalized spacial score (nSPS) is 20.9. The fourth-order valence-corrected chi connectivity index (χ4v) is 3.33. The van der Waals surface area contributed by atoms with Crippen LogP contribution in [0.3, 0.4) is 0 Å². The maximum absolute atomic E-state index is 12.8. The van der Waals surface area contributed by atoms with Crippen LogP contribution in [0.2, 0.25) is 0 Å². The molecule has 0 aliphatic carbocycles. The third-order valence-corrected chi connectivity index (χ3v) is 4.83. The Balaban J connectivity index is 1.49. The van der Waals surface area contributed by atoms with Gasteiger partial charge in [0.15, 0.2) is 12.1 Å². The molecular weight excluding hydrogens is 414 g/mol. The smallest absolute Gasteiger partial charge is 0.263 e. The SMILES string of the molecule is O=C(CN1N=NC2C(=O)N(c3ccc(Br)cc3)C(=O)C21)Nc1ccccc1. The van der Waals surface area contributed by atoms with E-state index in [2.05, 4.69) is 31.6 Å². The Bertz CT molecular complexity index is 932. The zero-order chi connectivity index (χ0) is 19.0. The lowest BCUT2D eigenvalue weighted by Gasteiger charge is -2.20. The first-order valence-electron chi connectivity index (χ1n) is 8.20. The van der Waals surface area contributed by atoms with E-state index in [1.54, 1.807) is 48.5 Å². The van der Waals surface area contributed by atoms with E-state index in [9.17, 15) is 14.4 Å². The third-order valence-electron chi connectivity index (χ3n) is 4.31. The molecule has 0 spiro atoms. The monoisotopic (exact) mass is 427 g/mol. The van der Waals surface area contributed by atoms with Crippen LogP contribution in [0.1, 0.15) is 0 Å². The highest BCUT2D eigenvalue weighted by Crippen LogP contribution is 2.32. The molecule has 1 saturated heterocycles. The largest absolute Gasteiger partial charge is 0.324 e. The number of nitrogens with one attached hydrogen (secondary N) is 1. The lowest BCUT2D eigenvalue weighted by atomic mass is 10.1. The van der Waals surface area contributed by atoms with Crippen LogP contribution in [0, 0.1) is 0 Å². The number of fused-ring (bicyclic) bond motifs is 1. The summed E-state index contributed by atoms with van der Waals surface area (Å²) in [5, 5.41) is 11.8. The van der Waals surface area contributed by atoms with Crippen molar-refractivity contribution in [2.24, 2.45) is 10.3 Å². The Labute approximate surface area is 163 Å². The van der Waals surface area contributed by atoms with Crippen LogP contribution in [0.25, 0.3) is 0 Å². The molecule has 4 rings (SSSR count). The zero-order valence-electron chi connectivity index (χ0n) is 13.9. The van der Waals surface area contributed by atoms with Crippen molar-refractivity contribution >= 4 is 45.0 Å². The number of imide groups is 1. The number of benzene rings is 2. The Morgan fingerprint density at radius 2 is 1.74 bits per heavy atom. The molecule has 136 valence electrons. The summed E-state index contributed by atoms with van der Waals surface area (Å²) in [7, 11) is 0. The van der Waals surface area contributed by atoms with Crippen molar-refractivity contribution in [2.75, 3.05) is 16.8 Å². The van der Waals surface area contributed by atoms with Gasteiger partial charge in [-0.05, 0) is 36.4 Å². The molecule has 2 atom stereocenters. The molecule has 0 saturated carbocycles. The quantitative estimate of drug-likeness (QED) is 0.757. The van der Waals surface area contributed by atoms with E-state index in [1.165, 1.54) is 5.01 Å². The van der Waals surface area contributed by atoms with Crippen molar-refractivity contribution in [3.05, 3.63) is 59.1 Å². The van der Waals surface area contributed by atoms with Crippen LogP contribution in [-0.4, -0.2) is 41.4 Å². The first-order valence-corrected chi connectivity index (χ1v) is 8.99. The molecule has 0 aromatic heterocycles. The summed E-state index contributed by atoms with van der Waals surface area (Å²) in [6.45, 7) is -0.174. The molecule has 2 aromatic rings. The Morgan fingerprint density at radius 1 is 1.04 bits per heavy atom. The fourth-order valence-electron chi connectivity index (χ4n) is 3.07. The number of carbonyl (C=O) groups excluding carboxylic acids is 3. The summed E-state index contributed by atoms with van der Waals surface area (Å²) in [5.74, 6) is -1.23. The average Bonchev–Trinajstić information content (AvgIpc) is 3.17. The van der Waals surface area contributed by atoms with Crippen LogP contribution in [0.15, 0.2) is 69.4 Å². The molecule has 1 N–H and O–H groups in total. The van der Waals surface area contributed by atoms with Crippen LogP contribution in [0.5, 0.6) is 0 Å². The van der Waals surface area contributed by atoms with Gasteiger partial charge in [0.1, 0.15) is 6.54 Å². The van der Waals surface area contributed by atoms with Crippen LogP contribution >= 0.6 is 15.9 Å². The van der Waals surface area contributed by atoms with Gasteiger partial charge in [-0.15, -0.1) is 0 Å². The number of amides is 3. The van der Waals surface area contributed by atoms with Gasteiger partial charge in [-0.25, -0.2) is 4.90 Å². The first kappa shape index (κ1) is 17.3. The van der Waals surface area contributed by atoms with Crippen molar-refractivity contribution in [2.45, 2.75) is 12.1 Å². The average molecular weight is 428 g/mol. The summed E-state index contributed by atoms with van der Waals surface area (Å²) < 4.78 is 0.837. The van der Waals surface area contributed by atoms with Crippen molar-refractivity contribution in [3.8, 4) is 0 Å². The molecule has 2 aromatic carbocycles. The molecule has 2 heterocycles. The van der Waals surface area contributed by atoms with Crippen molar-refractivity contribution in [1.29, 1.82) is 0 Å². The number of hydrogen-bond donors (Lipinski definition) is 1. The van der Waals surface area contributed by atoms with E-state index < -0.39 is 23.9 Å². The zero-order valence-corrected chi connectivity index (χ0v) is 15.5. The van der Waals surface area contributed by atoms with Crippen molar-refractivity contribution in [1.82, 2.24) is 5.01 Å². The summed E-state index contributed by atoms with van der Waals surface area (Å²) in [6.07, 6.45) is 0. The summed E-state index contributed by atoms with van der Waals surface area (Å²) in [5.41, 5.74) is 1.10. The molecule has 3 amide bonds. The van der Waals surface area contributed by atoms with Gasteiger partial charge in [0, 0.05) is 10.2 Å². The molecule has 2 unspecified atom stereocenters. The van der Waals surface area contributed by atoms with Gasteiger partial charge in [-0.3, -0.25) is 19.4 Å². The van der Waals surface area contributed by atoms with Gasteiger partial charge < -0.3 is 5.32 Å². The second-order valence-corrected chi connectivity index (χ2v) is 7.01. The maximum Gasteiger partial charge on any atom is 0.263 e. The minimum atomic E-state index is -0.925. The minimum absolute atomic E-state index is 0.174. The number of nitrogens with zero attached hydrogens (tertiary/aromatic N) is 4. The fraction of sp³-hybridized carbons (Fsp3) is 0.167. The minimum Gasteiger partial charge on any atom is -0.324 e. The van der Waals surface area contributed by atoms with E-state index >= 15 is 0 Å². The second kappa shape index (κ2) is 6.92. The summed E-state index contributed by atoms with van der Waals surface area (Å²) >= 11 is 3.32. The van der Waals surface area contributed by atoms with E-state index in [-0.39, 0.29) is 12.5 Å². The number of carbonyl (C=O) groups is 3. The van der Waals surface area contributed by atoms with Crippen LogP contribution in [-0.2, 0) is 14.4 Å². The number of rotatable bonds is 4. The van der Waals surface area contributed by atoms with E-state index in [0.717, 1.165) is 9.37 Å². The lowest BCUT2D eigenvalue weighted by Crippen LogP contribution is -2.43. The predicted octanol–water partition coefficient (Wildman–Crippen LogP) is 2.38. The maximum atomic E-state index is 12.8. The standard InChI is InChI=1S/C18H14BrN5O3/c19-11-6-8-13(9-7-11)24-17(26)15-16(18(24)27)23(22-21-15)10-14(25)20-12-4-2-1-3-5-12/h1-9,15-16H,10H2,(H,20,25). The number of halogens is 1. The number of para-hydroxylation sites is 1. The van der Waals surface area contributed by atoms with Gasteiger partial charge in [0.2, 0.25) is 5.91 Å². The van der Waals surface area contributed by atoms with E-state index in [0.29, 0.717) is 11.4 Å². The van der Waals surface area contributed by atoms with Gasteiger partial charge in [-0.2, -0.15) is 5.11 Å². The molecule has 0 bridgehead atoms. The Hall–Kier alpha value is -3.07. The molecule has 8 nitrogen and oxygen atoms in total. The third kappa shape index (κ3) is 3.21. The molecule has 1 fully saturated rings. The predicted molar refractivity (Wildman–Crippen MR) is 101 cm³/mol. The van der Waals surface area contributed by atoms with Crippen LogP contribution < -0.4 is 10.2 Å². The Kier molecular flexibility index (Phi) is 4.44. The van der Waals surface area contributed by atoms with Crippen molar-refractivity contribution in [3.63, 3.8) is 0 Å². The summed E-state index contributed by atoms with van der Waals surface area (Å²) in [4.78, 5) is 38.8. The van der Waals surface area contributed by atoms with Gasteiger partial charge >= 0.3 is 0 Å². The lowest BCUT2D eigenvalue weighted by molar-refractivity contribution is -0.123. The van der Waals surface area contributed by atoms with Gasteiger partial charge in [0.25, 0.3) is 11.8 Å². The highest BCUT2D eigenvalue weighted by molar-refractivity contribution is 9.10. The van der Waals surface area contributed by atoms with Crippen molar-refractivity contribution < 1.29 is 14.4 Å². The van der Waals surface area contributed by atoms with E-state index in [4.69, 9.17) is 0 Å². The number of anilines is 2. The first-order chi connectivity index (χ1) is 13.0. The topological polar surface area (TPSA) is 94.4 Å². The molecule has 9 heteroatoms. The van der Waals surface area contributed by atoms with E-state index in [1.807, 2.05) is 6.07 Å². The molecular formula is C18H14BrN5O3. The van der Waals surface area contributed by atoms with Gasteiger partial charge in [-0.1, -0.05) is 39.4 Å². The second-order valence-electron chi connectivity index (χ2n) is 6.09. The Morgan fingerprint density at radius 3 is 2.44 bits per heavy atom. The molecule has 0 radical (unpaired) electrons.